The molecule has 2 aromatic carbocycles. The van der Waals surface area contributed by atoms with Gasteiger partial charge < -0.3 is 9.88 Å². The molecule has 5 rings (SSSR count). The lowest BCUT2D eigenvalue weighted by Gasteiger charge is -2.49. The molecule has 2 aliphatic heterocycles. The Morgan fingerprint density at radius 1 is 0.975 bits per heavy atom. The number of halogens is 2. The fourth-order valence-corrected chi connectivity index (χ4v) is 8.07. The number of H-pyrrole nitrogens is 1. The minimum atomic E-state index is -3.35. The zero-order valence-electron chi connectivity index (χ0n) is 22.3. The molecule has 0 aliphatic carbocycles. The third-order valence-corrected chi connectivity index (χ3v) is 10.5. The van der Waals surface area contributed by atoms with E-state index in [1.165, 1.54) is 10.4 Å². The SMILES string of the molecule is CCC(CN1CCCS1(=O)=O)N1C(=O)C(Cc2cccc(=O)[nH]2)CC(c2cccc(Cl)c2)C1c1ccc(Cl)cc1. The van der Waals surface area contributed by atoms with Crippen LogP contribution in [-0.4, -0.2) is 53.4 Å². The van der Waals surface area contributed by atoms with Crippen molar-refractivity contribution in [1.82, 2.24) is 14.2 Å². The van der Waals surface area contributed by atoms with Crippen molar-refractivity contribution in [2.75, 3.05) is 18.8 Å². The van der Waals surface area contributed by atoms with E-state index in [1.54, 1.807) is 6.07 Å². The second-order valence-electron chi connectivity index (χ2n) is 10.7. The molecule has 0 radical (unpaired) electrons. The molecular formula is C30H33Cl2N3O4S. The first-order valence-electron chi connectivity index (χ1n) is 13.7. The van der Waals surface area contributed by atoms with Crippen LogP contribution in [0.4, 0.5) is 0 Å². The lowest BCUT2D eigenvalue weighted by Crippen LogP contribution is -2.55. The highest BCUT2D eigenvalue weighted by atomic mass is 35.5. The molecule has 4 unspecified atom stereocenters. The van der Waals surface area contributed by atoms with Gasteiger partial charge >= 0.3 is 0 Å². The first kappa shape index (κ1) is 28.9. The number of hydrogen-bond donors (Lipinski definition) is 1. The molecule has 1 aromatic heterocycles. The number of sulfonamides is 1. The first-order valence-corrected chi connectivity index (χ1v) is 16.0. The van der Waals surface area contributed by atoms with Crippen molar-refractivity contribution in [3.05, 3.63) is 104 Å². The van der Waals surface area contributed by atoms with Gasteiger partial charge in [0.15, 0.2) is 0 Å². The molecule has 0 saturated carbocycles. The summed E-state index contributed by atoms with van der Waals surface area (Å²) in [5, 5.41) is 1.20. The van der Waals surface area contributed by atoms with E-state index in [2.05, 4.69) is 4.98 Å². The van der Waals surface area contributed by atoms with E-state index >= 15 is 0 Å². The molecular weight excluding hydrogens is 569 g/mol. The highest BCUT2D eigenvalue weighted by molar-refractivity contribution is 7.89. The summed E-state index contributed by atoms with van der Waals surface area (Å²) < 4.78 is 27.1. The predicted octanol–water partition coefficient (Wildman–Crippen LogP) is 5.41. The molecule has 1 amide bonds. The number of amides is 1. The van der Waals surface area contributed by atoms with Gasteiger partial charge in [-0.25, -0.2) is 8.42 Å². The maximum Gasteiger partial charge on any atom is 0.248 e. The number of hydrogen-bond acceptors (Lipinski definition) is 4. The predicted molar refractivity (Wildman–Crippen MR) is 158 cm³/mol. The van der Waals surface area contributed by atoms with Crippen molar-refractivity contribution in [3.63, 3.8) is 0 Å². The lowest BCUT2D eigenvalue weighted by atomic mass is 9.74. The van der Waals surface area contributed by atoms with E-state index < -0.39 is 15.9 Å². The Morgan fingerprint density at radius 3 is 2.38 bits per heavy atom. The summed E-state index contributed by atoms with van der Waals surface area (Å²) in [6, 6.07) is 19.5. The van der Waals surface area contributed by atoms with E-state index in [0.29, 0.717) is 48.0 Å². The van der Waals surface area contributed by atoms with E-state index in [0.717, 1.165) is 11.1 Å². The van der Waals surface area contributed by atoms with Crippen LogP contribution in [0.5, 0.6) is 0 Å². The number of likely N-dealkylation sites (tertiary alicyclic amines) is 1. The highest BCUT2D eigenvalue weighted by Crippen LogP contribution is 2.47. The maximum absolute atomic E-state index is 14.5. The second-order valence-corrected chi connectivity index (χ2v) is 13.6. The second kappa shape index (κ2) is 12.1. The van der Waals surface area contributed by atoms with Gasteiger partial charge in [-0.05, 0) is 67.1 Å². The Kier molecular flexibility index (Phi) is 8.71. The number of nitrogens with zero attached hydrogens (tertiary/aromatic N) is 2. The molecule has 0 bridgehead atoms. The summed E-state index contributed by atoms with van der Waals surface area (Å²) in [4.78, 5) is 31.3. The van der Waals surface area contributed by atoms with Crippen LogP contribution in [0.25, 0.3) is 0 Å². The monoisotopic (exact) mass is 601 g/mol. The number of aromatic nitrogens is 1. The summed E-state index contributed by atoms with van der Waals surface area (Å²) in [6.07, 6.45) is 2.08. The van der Waals surface area contributed by atoms with Gasteiger partial charge in [0.05, 0.1) is 11.8 Å². The molecule has 2 aliphatic rings. The largest absolute Gasteiger partial charge is 0.330 e. The van der Waals surface area contributed by atoms with E-state index in [-0.39, 0.29) is 41.8 Å². The van der Waals surface area contributed by atoms with Gasteiger partial charge in [0.1, 0.15) is 0 Å². The molecule has 4 atom stereocenters. The molecule has 40 heavy (non-hydrogen) atoms. The van der Waals surface area contributed by atoms with Gasteiger partial charge in [-0.1, -0.05) is 60.5 Å². The van der Waals surface area contributed by atoms with Crippen molar-refractivity contribution in [2.24, 2.45) is 5.92 Å². The molecule has 2 fully saturated rings. The average Bonchev–Trinajstić information content (AvgIpc) is 3.26. The summed E-state index contributed by atoms with van der Waals surface area (Å²) in [7, 11) is -3.35. The number of nitrogens with one attached hydrogen (secondary N) is 1. The van der Waals surface area contributed by atoms with Crippen LogP contribution in [0, 0.1) is 5.92 Å². The molecule has 7 nitrogen and oxygen atoms in total. The minimum absolute atomic E-state index is 0.0497. The van der Waals surface area contributed by atoms with Gasteiger partial charge in [-0.3, -0.25) is 9.59 Å². The summed E-state index contributed by atoms with van der Waals surface area (Å²) >= 11 is 12.7. The number of pyridine rings is 1. The quantitative estimate of drug-likeness (QED) is 0.373. The Hall–Kier alpha value is -2.65. The van der Waals surface area contributed by atoms with Crippen LogP contribution in [0.15, 0.2) is 71.5 Å². The smallest absolute Gasteiger partial charge is 0.248 e. The fourth-order valence-electron chi connectivity index (χ4n) is 6.19. The molecule has 1 N–H and O–H groups in total. The summed E-state index contributed by atoms with van der Waals surface area (Å²) in [5.74, 6) is -0.462. The van der Waals surface area contributed by atoms with E-state index in [9.17, 15) is 18.0 Å². The number of benzene rings is 2. The molecule has 3 aromatic rings. The molecule has 3 heterocycles. The van der Waals surface area contributed by atoms with Crippen molar-refractivity contribution in [1.29, 1.82) is 0 Å². The lowest BCUT2D eigenvalue weighted by molar-refractivity contribution is -0.147. The van der Waals surface area contributed by atoms with Crippen LogP contribution in [0.1, 0.15) is 55.0 Å². The van der Waals surface area contributed by atoms with Gasteiger partial charge in [-0.2, -0.15) is 4.31 Å². The number of piperidine rings is 1. The molecule has 0 spiro atoms. The third kappa shape index (κ3) is 6.15. The standard InChI is InChI=1S/C30H33Cl2N3O4S/c1-2-26(19-34-14-5-15-40(34,38)39)35-29(20-10-12-23(31)13-11-20)27(21-6-3-7-24(32)16-21)18-22(30(35)37)17-25-8-4-9-28(36)33-25/h3-4,6-13,16,22,26-27,29H,2,5,14-15,17-19H2,1H3,(H,33,36). The molecule has 2 saturated heterocycles. The van der Waals surface area contributed by atoms with Gasteiger partial charge in [0.2, 0.25) is 21.5 Å². The zero-order chi connectivity index (χ0) is 28.4. The van der Waals surface area contributed by atoms with Crippen molar-refractivity contribution in [2.45, 2.75) is 50.6 Å². The Bertz CT molecular complexity index is 1530. The van der Waals surface area contributed by atoms with Crippen molar-refractivity contribution < 1.29 is 13.2 Å². The van der Waals surface area contributed by atoms with Crippen LogP contribution >= 0.6 is 23.2 Å². The Labute approximate surface area is 245 Å². The van der Waals surface area contributed by atoms with E-state index in [4.69, 9.17) is 23.2 Å². The van der Waals surface area contributed by atoms with Crippen LogP contribution in [-0.2, 0) is 21.2 Å². The number of carbonyl (C=O) groups excluding carboxylic acids is 1. The number of carbonyl (C=O) groups is 1. The molecule has 10 heteroatoms. The normalized spacial score (nSPS) is 23.8. The highest BCUT2D eigenvalue weighted by Gasteiger charge is 2.46. The van der Waals surface area contributed by atoms with Crippen molar-refractivity contribution in [3.8, 4) is 0 Å². The van der Waals surface area contributed by atoms with E-state index in [1.807, 2.05) is 66.4 Å². The van der Waals surface area contributed by atoms with Gasteiger partial charge in [-0.15, -0.1) is 0 Å². The van der Waals surface area contributed by atoms with Crippen LogP contribution < -0.4 is 5.56 Å². The maximum atomic E-state index is 14.5. The Balaban J connectivity index is 1.62. The zero-order valence-corrected chi connectivity index (χ0v) is 24.6. The minimum Gasteiger partial charge on any atom is -0.330 e. The number of aromatic amines is 1. The van der Waals surface area contributed by atoms with Crippen molar-refractivity contribution >= 4 is 39.1 Å². The average molecular weight is 603 g/mol. The summed E-state index contributed by atoms with van der Waals surface area (Å²) in [6.45, 7) is 2.69. The fraction of sp³-hybridized carbons (Fsp3) is 0.400. The Morgan fingerprint density at radius 2 is 1.73 bits per heavy atom. The van der Waals surface area contributed by atoms with Crippen LogP contribution in [0.3, 0.4) is 0 Å². The molecule has 212 valence electrons. The third-order valence-electron chi connectivity index (χ3n) is 8.09. The summed E-state index contributed by atoms with van der Waals surface area (Å²) in [5.41, 5.74) is 2.40. The van der Waals surface area contributed by atoms with Crippen LogP contribution in [0.2, 0.25) is 10.0 Å². The van der Waals surface area contributed by atoms with Gasteiger partial charge in [0.25, 0.3) is 0 Å². The van der Waals surface area contributed by atoms with Gasteiger partial charge in [0, 0.05) is 52.8 Å². The first-order chi connectivity index (χ1) is 19.2. The topological polar surface area (TPSA) is 90.6 Å². The number of rotatable bonds is 8.